The van der Waals surface area contributed by atoms with Gasteiger partial charge in [0.15, 0.2) is 0 Å². The van der Waals surface area contributed by atoms with Crippen molar-refractivity contribution in [2.24, 2.45) is 0 Å². The van der Waals surface area contributed by atoms with Gasteiger partial charge in [-0.05, 0) is 78.1 Å². The van der Waals surface area contributed by atoms with Crippen molar-refractivity contribution in [1.29, 1.82) is 5.26 Å². The van der Waals surface area contributed by atoms with Crippen LogP contribution < -0.4 is 30.7 Å². The Morgan fingerprint density at radius 2 is 1.10 bits per heavy atom. The number of likely N-dealkylation sites (tertiary alicyclic amines) is 2. The van der Waals surface area contributed by atoms with Crippen LogP contribution in [0.3, 0.4) is 0 Å². The van der Waals surface area contributed by atoms with Gasteiger partial charge in [0.2, 0.25) is 11.8 Å². The van der Waals surface area contributed by atoms with Crippen molar-refractivity contribution < 1.29 is 28.7 Å². The normalized spacial score (nSPS) is 15.1. The highest BCUT2D eigenvalue weighted by molar-refractivity contribution is 5.88. The van der Waals surface area contributed by atoms with Crippen LogP contribution in [0.4, 0.5) is 9.59 Å². The van der Waals surface area contributed by atoms with Gasteiger partial charge < -0.3 is 50.5 Å². The van der Waals surface area contributed by atoms with Crippen LogP contribution in [-0.2, 0) is 40.7 Å². The Balaban J connectivity index is 0.000000212. The second-order valence-corrected chi connectivity index (χ2v) is 18.0. The van der Waals surface area contributed by atoms with Gasteiger partial charge in [-0.1, -0.05) is 84.9 Å². The number of hydrogen-bond donors (Lipinski definition) is 6. The topological polar surface area (TPSA) is 222 Å². The molecule has 4 heterocycles. The van der Waals surface area contributed by atoms with E-state index in [1.807, 2.05) is 89.8 Å². The number of aromatic amines is 2. The molecule has 0 spiro atoms. The first-order valence-corrected chi connectivity index (χ1v) is 24.5. The summed E-state index contributed by atoms with van der Waals surface area (Å²) in [5, 5.41) is 21.5. The lowest BCUT2D eigenvalue weighted by Crippen LogP contribution is -2.55. The van der Waals surface area contributed by atoms with E-state index in [1.165, 1.54) is 5.56 Å². The molecule has 2 aromatic heterocycles. The number of nitrogens with one attached hydrogen (secondary N) is 6. The molecule has 0 saturated carbocycles. The van der Waals surface area contributed by atoms with Crippen LogP contribution in [0.5, 0.6) is 11.5 Å². The van der Waals surface area contributed by atoms with Crippen LogP contribution in [-0.4, -0.2) is 119 Å². The molecule has 376 valence electrons. The van der Waals surface area contributed by atoms with E-state index < -0.39 is 23.5 Å². The molecule has 72 heavy (non-hydrogen) atoms. The molecule has 6 aromatic rings. The summed E-state index contributed by atoms with van der Waals surface area (Å²) >= 11 is 0. The number of nitrogens with zero attached hydrogens (tertiary/aromatic N) is 5. The second kappa shape index (κ2) is 26.2. The first-order valence-electron chi connectivity index (χ1n) is 24.5. The SMILES string of the molecule is COc1ccc(CC(NC(=O)NCCc2c[nH]cn2)C(=O)N2CCC(C#N)(c3ccccc3)CC2)cc1.COc1ccc(CC(NC(=O)NCCc2c[nH]cn2)C(=O)N2CCC(c3ccccc3)CC2)cc1. The Morgan fingerprint density at radius 3 is 1.51 bits per heavy atom. The van der Waals surface area contributed by atoms with Crippen molar-refractivity contribution >= 4 is 23.9 Å². The van der Waals surface area contributed by atoms with Crippen molar-refractivity contribution in [2.75, 3.05) is 53.5 Å². The molecular weight excluding hydrogens is 911 g/mol. The van der Waals surface area contributed by atoms with Crippen LogP contribution in [0.2, 0.25) is 0 Å². The molecule has 2 aliphatic heterocycles. The fourth-order valence-electron chi connectivity index (χ4n) is 9.21. The summed E-state index contributed by atoms with van der Waals surface area (Å²) < 4.78 is 10.5. The zero-order valence-electron chi connectivity index (χ0n) is 41.0. The van der Waals surface area contributed by atoms with Crippen molar-refractivity contribution in [2.45, 2.75) is 74.8 Å². The molecular formula is C55H65N11O6. The molecule has 2 atom stereocenters. The first kappa shape index (κ1) is 51.7. The molecule has 2 aliphatic rings. The summed E-state index contributed by atoms with van der Waals surface area (Å²) in [5.41, 5.74) is 5.28. The Kier molecular flexibility index (Phi) is 18.8. The van der Waals surface area contributed by atoms with Gasteiger partial charge in [-0.25, -0.2) is 19.6 Å². The number of carbonyl (C=O) groups excluding carboxylic acids is 4. The highest BCUT2D eigenvalue weighted by atomic mass is 16.5. The number of imidazole rings is 2. The molecule has 2 unspecified atom stereocenters. The maximum Gasteiger partial charge on any atom is 0.315 e. The van der Waals surface area contributed by atoms with E-state index in [9.17, 15) is 24.4 Å². The molecule has 2 saturated heterocycles. The van der Waals surface area contributed by atoms with E-state index in [-0.39, 0.29) is 17.8 Å². The van der Waals surface area contributed by atoms with Gasteiger partial charge in [0.25, 0.3) is 0 Å². The number of H-pyrrole nitrogens is 2. The van der Waals surface area contributed by atoms with E-state index in [1.54, 1.807) is 44.2 Å². The molecule has 17 heteroatoms. The predicted octanol–water partition coefficient (Wildman–Crippen LogP) is 6.23. The molecule has 0 bridgehead atoms. The number of nitriles is 1. The van der Waals surface area contributed by atoms with Crippen molar-refractivity contribution in [3.8, 4) is 17.6 Å². The molecule has 17 nitrogen and oxygen atoms in total. The van der Waals surface area contributed by atoms with E-state index in [2.05, 4.69) is 71.5 Å². The molecule has 0 aliphatic carbocycles. The molecule has 6 N–H and O–H groups in total. The first-order chi connectivity index (χ1) is 35.1. The van der Waals surface area contributed by atoms with E-state index in [0.29, 0.717) is 83.7 Å². The van der Waals surface area contributed by atoms with E-state index in [0.717, 1.165) is 52.4 Å². The molecule has 0 radical (unpaired) electrons. The van der Waals surface area contributed by atoms with E-state index in [4.69, 9.17) is 9.47 Å². The molecule has 4 aromatic carbocycles. The third-order valence-electron chi connectivity index (χ3n) is 13.4. The van der Waals surface area contributed by atoms with Gasteiger partial charge >= 0.3 is 12.1 Å². The minimum atomic E-state index is -0.745. The highest BCUT2D eigenvalue weighted by Crippen LogP contribution is 2.35. The standard InChI is InChI=1S/C28H32N6O3.C27H33N5O3/c1-37-24-9-7-21(8-10-24)17-25(33-27(36)31-14-11-23-18-30-20-32-23)26(35)34-15-12-28(19-29,13-16-34)22-5-3-2-4-6-22;1-35-24-9-7-20(8-10-24)17-25(31-27(34)29-14-11-23-18-28-19-30-23)26(33)32-15-12-22(13-16-32)21-5-3-2-4-6-21/h2-10,18,20,25H,11-17H2,1H3,(H,30,32)(H2,31,33,36);2-10,18-19,22,25H,11-17H2,1H3,(H,28,30)(H2,29,31,34). The largest absolute Gasteiger partial charge is 0.497 e. The number of aromatic nitrogens is 4. The van der Waals surface area contributed by atoms with Gasteiger partial charge in [-0.2, -0.15) is 5.26 Å². The van der Waals surface area contributed by atoms with Crippen molar-refractivity contribution in [1.82, 2.24) is 51.0 Å². The maximum atomic E-state index is 13.6. The number of carbonyl (C=O) groups is 4. The number of methoxy groups -OCH3 is 2. The van der Waals surface area contributed by atoms with E-state index >= 15 is 0 Å². The number of amides is 6. The van der Waals surface area contributed by atoms with Gasteiger partial charge in [0, 0.05) is 77.3 Å². The van der Waals surface area contributed by atoms with Crippen molar-refractivity contribution in [3.05, 3.63) is 168 Å². The summed E-state index contributed by atoms with van der Waals surface area (Å²) in [6.45, 7) is 3.08. The number of benzene rings is 4. The molecule has 6 amide bonds. The third kappa shape index (κ3) is 14.7. The maximum absolute atomic E-state index is 13.6. The van der Waals surface area contributed by atoms with Gasteiger partial charge in [0.05, 0.1) is 49.7 Å². The third-order valence-corrected chi connectivity index (χ3v) is 13.4. The Morgan fingerprint density at radius 1 is 0.653 bits per heavy atom. The average molecular weight is 976 g/mol. The number of urea groups is 2. The minimum absolute atomic E-state index is 0.0465. The van der Waals surface area contributed by atoms with Crippen LogP contribution in [0.15, 0.2) is 134 Å². The lowest BCUT2D eigenvalue weighted by atomic mass is 9.74. The summed E-state index contributed by atoms with van der Waals surface area (Å²) in [7, 11) is 3.22. The fraction of sp³-hybridized carbons (Fsp3) is 0.364. The molecule has 8 rings (SSSR count). The number of hydrogen-bond acceptors (Lipinski definition) is 9. The smallest absolute Gasteiger partial charge is 0.315 e. The number of rotatable bonds is 18. The number of piperidine rings is 2. The Hall–Kier alpha value is -8.13. The average Bonchev–Trinajstić information content (AvgIpc) is 4.17. The monoisotopic (exact) mass is 976 g/mol. The zero-order chi connectivity index (χ0) is 50.5. The highest BCUT2D eigenvalue weighted by Gasteiger charge is 2.39. The quantitative estimate of drug-likeness (QED) is 0.0574. The van der Waals surface area contributed by atoms with Crippen LogP contribution >= 0.6 is 0 Å². The Labute approximate surface area is 421 Å². The lowest BCUT2D eigenvalue weighted by Gasteiger charge is -2.39. The van der Waals surface area contributed by atoms with Crippen molar-refractivity contribution in [3.63, 3.8) is 0 Å². The van der Waals surface area contributed by atoms with Gasteiger partial charge in [0.1, 0.15) is 23.6 Å². The van der Waals surface area contributed by atoms with Gasteiger partial charge in [-0.15, -0.1) is 0 Å². The minimum Gasteiger partial charge on any atom is -0.497 e. The van der Waals surface area contributed by atoms with Crippen LogP contribution in [0.1, 0.15) is 65.2 Å². The zero-order valence-corrected chi connectivity index (χ0v) is 41.0. The van der Waals surface area contributed by atoms with Crippen LogP contribution in [0.25, 0.3) is 0 Å². The summed E-state index contributed by atoms with van der Waals surface area (Å²) in [4.78, 5) is 70.2. The predicted molar refractivity (Wildman–Crippen MR) is 273 cm³/mol. The summed E-state index contributed by atoms with van der Waals surface area (Å²) in [6, 6.07) is 35.6. The number of ether oxygens (including phenoxy) is 2. The van der Waals surface area contributed by atoms with Crippen LogP contribution in [0, 0.1) is 11.3 Å². The Bertz CT molecular complexity index is 2630. The molecule has 2 fully saturated rings. The summed E-state index contributed by atoms with van der Waals surface area (Å²) in [5.74, 6) is 1.73. The fourth-order valence-corrected chi connectivity index (χ4v) is 9.21. The summed E-state index contributed by atoms with van der Waals surface area (Å²) in [6.07, 6.45) is 11.7. The lowest BCUT2D eigenvalue weighted by molar-refractivity contribution is -0.135. The van der Waals surface area contributed by atoms with Gasteiger partial charge in [-0.3, -0.25) is 9.59 Å². The second-order valence-electron chi connectivity index (χ2n) is 18.0.